The number of rotatable bonds is 6. The summed E-state index contributed by atoms with van der Waals surface area (Å²) in [4.78, 5) is 23.8. The molecule has 0 amide bonds. The van der Waals surface area contributed by atoms with Gasteiger partial charge in [-0.15, -0.1) is 0 Å². The van der Waals surface area contributed by atoms with Gasteiger partial charge in [0.25, 0.3) is 5.56 Å². The Morgan fingerprint density at radius 2 is 2.14 bits per heavy atom. The normalized spacial score (nSPS) is 19.4. The first-order chi connectivity index (χ1) is 16.8. The number of hydrogen-bond acceptors (Lipinski definition) is 5. The van der Waals surface area contributed by atoms with E-state index in [1.807, 2.05) is 26.8 Å². The van der Waals surface area contributed by atoms with Crippen molar-refractivity contribution in [1.82, 2.24) is 19.5 Å². The van der Waals surface area contributed by atoms with Crippen LogP contribution in [0.4, 0.5) is 4.39 Å². The minimum absolute atomic E-state index is 0.133. The van der Waals surface area contributed by atoms with E-state index < -0.39 is 5.83 Å². The highest BCUT2D eigenvalue weighted by atomic mass is 35.5. The largest absolute Gasteiger partial charge is 0.300 e. The van der Waals surface area contributed by atoms with Gasteiger partial charge in [0.15, 0.2) is 5.82 Å². The Morgan fingerprint density at radius 3 is 2.89 bits per heavy atom. The molecule has 1 unspecified atom stereocenters. The van der Waals surface area contributed by atoms with Crippen molar-refractivity contribution in [2.24, 2.45) is 0 Å². The molecule has 0 aromatic carbocycles. The average Bonchev–Trinajstić information content (AvgIpc) is 2.87. The number of halogens is 2. The fourth-order valence-corrected chi connectivity index (χ4v) is 4.65. The minimum Gasteiger partial charge on any atom is -0.300 e. The molecule has 2 aliphatic heterocycles. The van der Waals surface area contributed by atoms with Crippen molar-refractivity contribution in [3.63, 3.8) is 0 Å². The number of fused-ring (bicyclic) bond motifs is 2. The standard InChI is InChI=1S/C27H31ClFN5O/c1-5-7-8-22(28)23(29)14-19(6-2)20-13-21-16-33(12-10-24(21)31-15-20)27-18(4)17(3)26-30-11-9-25(35)34(26)32-27/h6,8-9,11,13-15,27,32H,5,7,10,12,16H2,1-4H3/b19-6+,22-8-,23-14+. The molecule has 0 bridgehead atoms. The molecule has 0 aliphatic carbocycles. The third kappa shape index (κ3) is 5.16. The predicted octanol–water partition coefficient (Wildman–Crippen LogP) is 5.55. The summed E-state index contributed by atoms with van der Waals surface area (Å²) in [6.07, 6.45) is 10.7. The zero-order valence-corrected chi connectivity index (χ0v) is 21.4. The number of nitrogens with one attached hydrogen (secondary N) is 1. The molecule has 1 atom stereocenters. The van der Waals surface area contributed by atoms with E-state index >= 15 is 0 Å². The van der Waals surface area contributed by atoms with E-state index in [0.29, 0.717) is 12.4 Å². The first kappa shape index (κ1) is 25.1. The summed E-state index contributed by atoms with van der Waals surface area (Å²) in [5, 5.41) is 0.134. The average molecular weight is 496 g/mol. The van der Waals surface area contributed by atoms with Crippen molar-refractivity contribution < 1.29 is 4.39 Å². The Hall–Kier alpha value is -3.03. The highest BCUT2D eigenvalue weighted by molar-refractivity contribution is 6.31. The Balaban J connectivity index is 1.60. The van der Waals surface area contributed by atoms with Crippen LogP contribution in [0.3, 0.4) is 0 Å². The number of unbranched alkanes of at least 4 members (excludes halogenated alkanes) is 1. The number of aromatic nitrogens is 3. The molecular weight excluding hydrogens is 465 g/mol. The van der Waals surface area contributed by atoms with Crippen LogP contribution in [0.5, 0.6) is 0 Å². The molecule has 2 aromatic heterocycles. The van der Waals surface area contributed by atoms with Crippen LogP contribution in [0, 0.1) is 0 Å². The lowest BCUT2D eigenvalue weighted by Gasteiger charge is -2.40. The molecule has 4 rings (SSSR count). The maximum atomic E-state index is 14.7. The van der Waals surface area contributed by atoms with Gasteiger partial charge in [0.1, 0.15) is 12.0 Å². The van der Waals surface area contributed by atoms with Gasteiger partial charge in [0.05, 0.1) is 5.03 Å². The van der Waals surface area contributed by atoms with Gasteiger partial charge in [0, 0.05) is 49.2 Å². The smallest absolute Gasteiger partial charge is 0.272 e. The van der Waals surface area contributed by atoms with Gasteiger partial charge >= 0.3 is 0 Å². The number of pyridine rings is 1. The fraction of sp³-hybridized carbons (Fsp3) is 0.370. The molecule has 0 saturated carbocycles. The van der Waals surface area contributed by atoms with Crippen LogP contribution < -0.4 is 11.0 Å². The van der Waals surface area contributed by atoms with E-state index in [2.05, 4.69) is 33.3 Å². The van der Waals surface area contributed by atoms with Crippen molar-refractivity contribution in [2.45, 2.75) is 59.7 Å². The summed E-state index contributed by atoms with van der Waals surface area (Å²) in [5.41, 5.74) is 9.04. The van der Waals surface area contributed by atoms with Crippen molar-refractivity contribution in [3.05, 3.63) is 92.2 Å². The number of allylic oxidation sites excluding steroid dienone is 7. The third-order valence-corrected chi connectivity index (χ3v) is 6.97. The highest BCUT2D eigenvalue weighted by Crippen LogP contribution is 2.30. The molecule has 6 nitrogen and oxygen atoms in total. The van der Waals surface area contributed by atoms with Crippen molar-refractivity contribution >= 4 is 22.7 Å². The highest BCUT2D eigenvalue weighted by Gasteiger charge is 2.31. The predicted molar refractivity (Wildman–Crippen MR) is 140 cm³/mol. The van der Waals surface area contributed by atoms with Crippen LogP contribution >= 0.6 is 11.6 Å². The molecule has 0 radical (unpaired) electrons. The Kier molecular flexibility index (Phi) is 7.67. The molecule has 8 heteroatoms. The SMILES string of the molecule is C\C=C(/C=C(F)\C(Cl)=C\CCC)c1cnc2c(c1)CN(C1Nn3c(nccc3=O)C(C)=C1C)CC2. The first-order valence-electron chi connectivity index (χ1n) is 12.0. The van der Waals surface area contributed by atoms with E-state index in [0.717, 1.165) is 59.3 Å². The van der Waals surface area contributed by atoms with Crippen molar-refractivity contribution in [3.8, 4) is 0 Å². The van der Waals surface area contributed by atoms with E-state index in [4.69, 9.17) is 11.6 Å². The minimum atomic E-state index is -0.451. The van der Waals surface area contributed by atoms with Gasteiger partial charge in [-0.2, -0.15) is 0 Å². The van der Waals surface area contributed by atoms with Crippen molar-refractivity contribution in [2.75, 3.05) is 12.0 Å². The van der Waals surface area contributed by atoms with Crippen LogP contribution in [-0.4, -0.2) is 32.3 Å². The second kappa shape index (κ2) is 10.7. The van der Waals surface area contributed by atoms with Crippen LogP contribution in [0.1, 0.15) is 63.2 Å². The molecule has 2 aromatic rings. The Morgan fingerprint density at radius 1 is 1.34 bits per heavy atom. The zero-order valence-electron chi connectivity index (χ0n) is 20.6. The van der Waals surface area contributed by atoms with Gasteiger partial charge in [-0.05, 0) is 61.6 Å². The van der Waals surface area contributed by atoms with E-state index in [9.17, 15) is 9.18 Å². The molecule has 184 valence electrons. The molecule has 1 N–H and O–H groups in total. The van der Waals surface area contributed by atoms with E-state index in [1.54, 1.807) is 18.5 Å². The second-order valence-electron chi connectivity index (χ2n) is 8.91. The van der Waals surface area contributed by atoms with Crippen molar-refractivity contribution in [1.29, 1.82) is 0 Å². The monoisotopic (exact) mass is 495 g/mol. The van der Waals surface area contributed by atoms with Gasteiger partial charge in [-0.3, -0.25) is 20.1 Å². The quantitative estimate of drug-likeness (QED) is 0.532. The summed E-state index contributed by atoms with van der Waals surface area (Å²) in [6.45, 7) is 9.43. The fourth-order valence-electron chi connectivity index (χ4n) is 4.49. The molecule has 35 heavy (non-hydrogen) atoms. The van der Waals surface area contributed by atoms with Gasteiger partial charge < -0.3 is 0 Å². The summed E-state index contributed by atoms with van der Waals surface area (Å²) < 4.78 is 16.2. The number of nitrogens with zero attached hydrogens (tertiary/aromatic N) is 4. The number of hydrogen-bond donors (Lipinski definition) is 1. The zero-order chi connectivity index (χ0) is 25.1. The molecular formula is C27H31ClFN5O. The Labute approximate surface area is 210 Å². The van der Waals surface area contributed by atoms with Crippen LogP contribution in [0.2, 0.25) is 0 Å². The molecule has 0 spiro atoms. The molecule has 2 aliphatic rings. The summed E-state index contributed by atoms with van der Waals surface area (Å²) >= 11 is 6.12. The Bertz CT molecular complexity index is 1310. The molecule has 0 fully saturated rings. The summed E-state index contributed by atoms with van der Waals surface area (Å²) in [5.74, 6) is 0.193. The molecule has 4 heterocycles. The first-order valence-corrected chi connectivity index (χ1v) is 12.4. The van der Waals surface area contributed by atoms with Gasteiger partial charge in [-0.25, -0.2) is 14.1 Å². The maximum absolute atomic E-state index is 14.7. The van der Waals surface area contributed by atoms with Crippen LogP contribution in [0.25, 0.3) is 11.1 Å². The van der Waals surface area contributed by atoms with Gasteiger partial charge in [-0.1, -0.05) is 37.1 Å². The maximum Gasteiger partial charge on any atom is 0.272 e. The van der Waals surface area contributed by atoms with Crippen LogP contribution in [0.15, 0.2) is 64.0 Å². The second-order valence-corrected chi connectivity index (χ2v) is 9.32. The van der Waals surface area contributed by atoms with Gasteiger partial charge in [0.2, 0.25) is 0 Å². The lowest BCUT2D eigenvalue weighted by atomic mass is 9.97. The third-order valence-electron chi connectivity index (χ3n) is 6.64. The summed E-state index contributed by atoms with van der Waals surface area (Å²) in [7, 11) is 0. The molecule has 0 saturated heterocycles. The summed E-state index contributed by atoms with van der Waals surface area (Å²) in [6, 6.07) is 3.53. The topological polar surface area (TPSA) is 63.1 Å². The lowest BCUT2D eigenvalue weighted by Crippen LogP contribution is -2.52. The van der Waals surface area contributed by atoms with E-state index in [1.165, 1.54) is 16.8 Å². The lowest BCUT2D eigenvalue weighted by molar-refractivity contribution is 0.204. The van der Waals surface area contributed by atoms with E-state index in [-0.39, 0.29) is 16.8 Å². The van der Waals surface area contributed by atoms with Crippen LogP contribution in [-0.2, 0) is 13.0 Å².